The molecular weight excluding hydrogens is 234 g/mol. The van der Waals surface area contributed by atoms with Crippen LogP contribution >= 0.6 is 11.6 Å². The molecule has 0 spiro atoms. The Hall–Kier alpha value is -1.17. The Balaban J connectivity index is 2.00. The molecule has 1 aliphatic rings. The van der Waals surface area contributed by atoms with E-state index in [0.717, 1.165) is 31.4 Å². The summed E-state index contributed by atoms with van der Waals surface area (Å²) >= 11 is 6.03. The number of terminal acetylenes is 1. The molecule has 90 valence electrons. The molecule has 0 unspecified atom stereocenters. The van der Waals surface area contributed by atoms with Gasteiger partial charge in [-0.1, -0.05) is 17.5 Å². The zero-order valence-corrected chi connectivity index (χ0v) is 10.4. The van der Waals surface area contributed by atoms with Crippen molar-refractivity contribution in [3.05, 3.63) is 28.8 Å². The van der Waals surface area contributed by atoms with Gasteiger partial charge in [0.25, 0.3) is 0 Å². The molecule has 2 N–H and O–H groups in total. The maximum atomic E-state index is 6.03. The van der Waals surface area contributed by atoms with Gasteiger partial charge < -0.3 is 10.5 Å². The summed E-state index contributed by atoms with van der Waals surface area (Å²) < 4.78 is 5.88. The van der Waals surface area contributed by atoms with Crippen LogP contribution in [0.3, 0.4) is 0 Å². The fraction of sp³-hybridized carbons (Fsp3) is 0.429. The lowest BCUT2D eigenvalue weighted by Gasteiger charge is -2.26. The van der Waals surface area contributed by atoms with Crippen molar-refractivity contribution in [1.29, 1.82) is 0 Å². The van der Waals surface area contributed by atoms with E-state index in [1.165, 1.54) is 0 Å². The average molecular weight is 250 g/mol. The second-order valence-electron chi connectivity index (χ2n) is 4.44. The molecule has 0 bridgehead atoms. The molecule has 2 nitrogen and oxygen atoms in total. The average Bonchev–Trinajstić information content (AvgIpc) is 2.32. The van der Waals surface area contributed by atoms with Crippen LogP contribution in [0.15, 0.2) is 18.2 Å². The fourth-order valence-electron chi connectivity index (χ4n) is 2.09. The summed E-state index contributed by atoms with van der Waals surface area (Å²) in [4.78, 5) is 0. The van der Waals surface area contributed by atoms with Crippen LogP contribution in [0.25, 0.3) is 0 Å². The van der Waals surface area contributed by atoms with Gasteiger partial charge in [0.2, 0.25) is 0 Å². The highest BCUT2D eigenvalue weighted by atomic mass is 35.5. The Labute approximate surface area is 107 Å². The van der Waals surface area contributed by atoms with E-state index in [0.29, 0.717) is 16.6 Å². The van der Waals surface area contributed by atoms with E-state index in [4.69, 9.17) is 28.5 Å². The Morgan fingerprint density at radius 1 is 1.29 bits per heavy atom. The molecule has 0 amide bonds. The molecule has 1 aliphatic carbocycles. The fourth-order valence-corrected chi connectivity index (χ4v) is 2.31. The molecule has 0 aromatic heterocycles. The number of benzene rings is 1. The van der Waals surface area contributed by atoms with Gasteiger partial charge in [-0.25, -0.2) is 0 Å². The standard InChI is InChI=1S/C14H16ClNO/c1-2-10-3-6-13(9-14(10)15)17-12-7-4-11(16)5-8-12/h1,3,6,9,11-12H,4-5,7-8,16H2. The topological polar surface area (TPSA) is 35.2 Å². The van der Waals surface area contributed by atoms with E-state index < -0.39 is 0 Å². The maximum Gasteiger partial charge on any atom is 0.121 e. The van der Waals surface area contributed by atoms with Gasteiger partial charge in [0.15, 0.2) is 0 Å². The van der Waals surface area contributed by atoms with Gasteiger partial charge in [0.1, 0.15) is 5.75 Å². The number of ether oxygens (including phenoxy) is 1. The maximum absolute atomic E-state index is 6.03. The van der Waals surface area contributed by atoms with E-state index >= 15 is 0 Å². The molecule has 0 radical (unpaired) electrons. The first-order chi connectivity index (χ1) is 8.19. The van der Waals surface area contributed by atoms with Crippen molar-refractivity contribution in [2.75, 3.05) is 0 Å². The Morgan fingerprint density at radius 2 is 2.00 bits per heavy atom. The third kappa shape index (κ3) is 3.15. The van der Waals surface area contributed by atoms with Crippen LogP contribution in [0.5, 0.6) is 5.75 Å². The molecule has 2 rings (SSSR count). The highest BCUT2D eigenvalue weighted by Gasteiger charge is 2.19. The third-order valence-electron chi connectivity index (χ3n) is 3.12. The van der Waals surface area contributed by atoms with Crippen molar-refractivity contribution in [2.24, 2.45) is 5.73 Å². The van der Waals surface area contributed by atoms with Crippen LogP contribution < -0.4 is 10.5 Å². The van der Waals surface area contributed by atoms with Gasteiger partial charge >= 0.3 is 0 Å². The summed E-state index contributed by atoms with van der Waals surface area (Å²) in [6, 6.07) is 5.80. The van der Waals surface area contributed by atoms with E-state index in [1.54, 1.807) is 6.07 Å². The van der Waals surface area contributed by atoms with Crippen LogP contribution in [0, 0.1) is 12.3 Å². The van der Waals surface area contributed by atoms with Crippen molar-refractivity contribution >= 4 is 11.6 Å². The molecule has 0 aliphatic heterocycles. The van der Waals surface area contributed by atoms with E-state index in [-0.39, 0.29) is 6.10 Å². The van der Waals surface area contributed by atoms with Crippen LogP contribution in [0.4, 0.5) is 0 Å². The molecule has 0 saturated heterocycles. The predicted molar refractivity (Wildman–Crippen MR) is 70.2 cm³/mol. The molecule has 17 heavy (non-hydrogen) atoms. The Bertz CT molecular complexity index is 430. The monoisotopic (exact) mass is 249 g/mol. The second kappa shape index (κ2) is 5.44. The van der Waals surface area contributed by atoms with Crippen molar-refractivity contribution < 1.29 is 4.74 Å². The quantitative estimate of drug-likeness (QED) is 0.818. The van der Waals surface area contributed by atoms with Crippen molar-refractivity contribution in [2.45, 2.75) is 37.8 Å². The number of hydrogen-bond donors (Lipinski definition) is 1. The highest BCUT2D eigenvalue weighted by Crippen LogP contribution is 2.26. The molecule has 1 aromatic carbocycles. The molecule has 1 aromatic rings. The van der Waals surface area contributed by atoms with Crippen LogP contribution in [0.2, 0.25) is 5.02 Å². The molecule has 0 atom stereocenters. The van der Waals surface area contributed by atoms with Crippen molar-refractivity contribution in [1.82, 2.24) is 0 Å². The van der Waals surface area contributed by atoms with Gasteiger partial charge in [0.05, 0.1) is 11.1 Å². The second-order valence-corrected chi connectivity index (χ2v) is 4.85. The molecular formula is C14H16ClNO. The third-order valence-corrected chi connectivity index (χ3v) is 3.43. The van der Waals surface area contributed by atoms with Gasteiger partial charge in [-0.15, -0.1) is 6.42 Å². The summed E-state index contributed by atoms with van der Waals surface area (Å²) in [6.07, 6.45) is 9.64. The first-order valence-corrected chi connectivity index (χ1v) is 6.25. The lowest BCUT2D eigenvalue weighted by atomic mass is 9.94. The predicted octanol–water partition coefficient (Wildman–Crippen LogP) is 2.97. The van der Waals surface area contributed by atoms with Gasteiger partial charge in [-0.2, -0.15) is 0 Å². The van der Waals surface area contributed by atoms with Gasteiger partial charge in [-0.05, 0) is 37.8 Å². The van der Waals surface area contributed by atoms with Crippen molar-refractivity contribution in [3.63, 3.8) is 0 Å². The van der Waals surface area contributed by atoms with E-state index in [2.05, 4.69) is 5.92 Å². The largest absolute Gasteiger partial charge is 0.490 e. The SMILES string of the molecule is C#Cc1ccc(OC2CCC(N)CC2)cc1Cl. The minimum absolute atomic E-state index is 0.252. The molecule has 0 heterocycles. The Kier molecular flexibility index (Phi) is 3.93. The normalized spacial score (nSPS) is 24.1. The van der Waals surface area contributed by atoms with Gasteiger partial charge in [-0.3, -0.25) is 0 Å². The molecule has 1 saturated carbocycles. The summed E-state index contributed by atoms with van der Waals surface area (Å²) in [7, 11) is 0. The number of nitrogens with two attached hydrogens (primary N) is 1. The van der Waals surface area contributed by atoms with Crippen LogP contribution in [-0.2, 0) is 0 Å². The number of hydrogen-bond acceptors (Lipinski definition) is 2. The van der Waals surface area contributed by atoms with Crippen LogP contribution in [-0.4, -0.2) is 12.1 Å². The number of rotatable bonds is 2. The first kappa shape index (κ1) is 12.3. The van der Waals surface area contributed by atoms with Crippen LogP contribution in [0.1, 0.15) is 31.2 Å². The smallest absolute Gasteiger partial charge is 0.121 e. The molecule has 1 fully saturated rings. The summed E-state index contributed by atoms with van der Waals surface area (Å²) in [5.41, 5.74) is 6.55. The molecule has 3 heteroatoms. The number of halogens is 1. The van der Waals surface area contributed by atoms with Crippen molar-refractivity contribution in [3.8, 4) is 18.1 Å². The first-order valence-electron chi connectivity index (χ1n) is 5.87. The lowest BCUT2D eigenvalue weighted by molar-refractivity contribution is 0.147. The summed E-state index contributed by atoms with van der Waals surface area (Å²) in [5, 5.41) is 0.567. The summed E-state index contributed by atoms with van der Waals surface area (Å²) in [5.74, 6) is 3.31. The minimum Gasteiger partial charge on any atom is -0.490 e. The zero-order valence-electron chi connectivity index (χ0n) is 9.66. The van der Waals surface area contributed by atoms with E-state index in [1.807, 2.05) is 12.1 Å². The van der Waals surface area contributed by atoms with E-state index in [9.17, 15) is 0 Å². The Morgan fingerprint density at radius 3 is 2.59 bits per heavy atom. The van der Waals surface area contributed by atoms with Gasteiger partial charge in [0, 0.05) is 17.7 Å². The minimum atomic E-state index is 0.252. The lowest BCUT2D eigenvalue weighted by Crippen LogP contribution is -2.31. The zero-order chi connectivity index (χ0) is 12.3. The highest BCUT2D eigenvalue weighted by molar-refractivity contribution is 6.31. The summed E-state index contributed by atoms with van der Waals surface area (Å²) in [6.45, 7) is 0.